The first kappa shape index (κ1) is 27.0. The molecule has 13 heteroatoms. The maximum absolute atomic E-state index is 14.0. The van der Waals surface area contributed by atoms with Gasteiger partial charge in [0, 0.05) is 30.4 Å². The molecule has 0 bridgehead atoms. The van der Waals surface area contributed by atoms with Crippen LogP contribution in [0.15, 0.2) is 48.7 Å². The molecule has 40 heavy (non-hydrogen) atoms. The molecule has 0 unspecified atom stereocenters. The van der Waals surface area contributed by atoms with Gasteiger partial charge in [0.1, 0.15) is 17.5 Å². The van der Waals surface area contributed by atoms with Gasteiger partial charge in [-0.25, -0.2) is 13.5 Å². The number of carbonyl (C=O) groups excluding carboxylic acids is 1. The molecular weight excluding hydrogens is 540 g/mol. The Balaban J connectivity index is 1.40. The van der Waals surface area contributed by atoms with Gasteiger partial charge in [0.05, 0.1) is 27.9 Å². The van der Waals surface area contributed by atoms with E-state index in [0.29, 0.717) is 28.8 Å². The molecule has 3 aromatic heterocycles. The molecule has 2 aromatic carbocycles. The zero-order valence-electron chi connectivity index (χ0n) is 21.9. The fourth-order valence-electron chi connectivity index (χ4n) is 4.03. The van der Waals surface area contributed by atoms with Crippen molar-refractivity contribution in [1.82, 2.24) is 29.9 Å². The van der Waals surface area contributed by atoms with Crippen LogP contribution in [-0.2, 0) is 13.0 Å². The van der Waals surface area contributed by atoms with Gasteiger partial charge in [-0.05, 0) is 50.1 Å². The largest absolute Gasteiger partial charge is 0.350 e. The highest BCUT2D eigenvalue weighted by Crippen LogP contribution is 2.27. The third kappa shape index (κ3) is 5.71. The van der Waals surface area contributed by atoms with Crippen LogP contribution in [0, 0.1) is 11.6 Å². The van der Waals surface area contributed by atoms with Crippen molar-refractivity contribution in [1.29, 1.82) is 0 Å². The number of fused-ring (bicyclic) bond motifs is 1. The lowest BCUT2D eigenvalue weighted by atomic mass is 10.1. The zero-order valence-corrected chi connectivity index (χ0v) is 22.6. The lowest BCUT2D eigenvalue weighted by Gasteiger charge is -2.12. The predicted octanol–water partition coefficient (Wildman–Crippen LogP) is 6.23. The number of rotatable bonds is 9. The lowest BCUT2D eigenvalue weighted by Crippen LogP contribution is -2.15. The van der Waals surface area contributed by atoms with E-state index in [4.69, 9.17) is 11.6 Å². The second-order valence-corrected chi connectivity index (χ2v) is 9.73. The second-order valence-electron chi connectivity index (χ2n) is 9.32. The van der Waals surface area contributed by atoms with Crippen molar-refractivity contribution in [3.8, 4) is 0 Å². The van der Waals surface area contributed by atoms with Crippen molar-refractivity contribution >= 4 is 51.8 Å². The van der Waals surface area contributed by atoms with Crippen LogP contribution in [0.25, 0.3) is 11.0 Å². The standard InChI is InChI=1S/C27H26ClF2N9O/c1-4-17-11-23(38-37-17)34-24-19-13-32-39(14(2)3)25(19)36-27(35-24)31-12-15-5-7-20(28)18(9-15)26(40)33-22-10-16(29)6-8-21(22)30/h5-11,13-14H,4,12H2,1-3H3,(H,33,40)(H3,31,34,35,36,37,38). The van der Waals surface area contributed by atoms with Gasteiger partial charge >= 0.3 is 0 Å². The molecule has 5 aromatic rings. The summed E-state index contributed by atoms with van der Waals surface area (Å²) in [7, 11) is 0. The van der Waals surface area contributed by atoms with Crippen molar-refractivity contribution in [2.24, 2.45) is 0 Å². The number of anilines is 4. The molecule has 0 atom stereocenters. The SMILES string of the molecule is CCc1cc(Nc2nc(NCc3ccc(Cl)c(C(=O)Nc4cc(F)ccc4F)c3)nc3c2cnn3C(C)C)n[nH]1. The van der Waals surface area contributed by atoms with Crippen molar-refractivity contribution in [3.63, 3.8) is 0 Å². The van der Waals surface area contributed by atoms with Gasteiger partial charge in [0.2, 0.25) is 5.95 Å². The molecule has 0 aliphatic heterocycles. The Labute approximate surface area is 233 Å². The molecule has 4 N–H and O–H groups in total. The number of hydrogen-bond donors (Lipinski definition) is 4. The highest BCUT2D eigenvalue weighted by Gasteiger charge is 2.17. The van der Waals surface area contributed by atoms with Crippen molar-refractivity contribution in [2.45, 2.75) is 39.8 Å². The van der Waals surface area contributed by atoms with Crippen molar-refractivity contribution in [2.75, 3.05) is 16.0 Å². The van der Waals surface area contributed by atoms with E-state index < -0.39 is 17.5 Å². The molecule has 0 spiro atoms. The number of benzene rings is 2. The third-order valence-electron chi connectivity index (χ3n) is 6.10. The number of halogens is 3. The summed E-state index contributed by atoms with van der Waals surface area (Å²) in [4.78, 5) is 22.1. The van der Waals surface area contributed by atoms with Crippen LogP contribution in [0.5, 0.6) is 0 Å². The number of carbonyl (C=O) groups is 1. The Hall–Kier alpha value is -4.58. The number of nitrogens with zero attached hydrogens (tertiary/aromatic N) is 5. The number of aromatic amines is 1. The average molecular weight is 566 g/mol. The summed E-state index contributed by atoms with van der Waals surface area (Å²) < 4.78 is 29.4. The van der Waals surface area contributed by atoms with E-state index in [1.54, 1.807) is 29.1 Å². The maximum atomic E-state index is 14.0. The van der Waals surface area contributed by atoms with Gasteiger partial charge in [0.25, 0.3) is 5.91 Å². The molecular formula is C27H26ClF2N9O. The van der Waals surface area contributed by atoms with Gasteiger partial charge in [-0.3, -0.25) is 9.89 Å². The molecule has 0 saturated carbocycles. The average Bonchev–Trinajstić information content (AvgIpc) is 3.57. The number of H-pyrrole nitrogens is 1. The van der Waals surface area contributed by atoms with E-state index in [1.165, 1.54) is 0 Å². The second kappa shape index (κ2) is 11.3. The van der Waals surface area contributed by atoms with Crippen LogP contribution < -0.4 is 16.0 Å². The Morgan fingerprint density at radius 2 is 1.95 bits per heavy atom. The van der Waals surface area contributed by atoms with Crippen LogP contribution in [0.1, 0.15) is 48.4 Å². The molecule has 5 rings (SSSR count). The van der Waals surface area contributed by atoms with Gasteiger partial charge in [-0.15, -0.1) is 0 Å². The molecule has 0 radical (unpaired) electrons. The topological polar surface area (TPSA) is 125 Å². The summed E-state index contributed by atoms with van der Waals surface area (Å²) in [6.45, 7) is 6.29. The number of nitrogens with one attached hydrogen (secondary N) is 4. The Morgan fingerprint density at radius 3 is 2.70 bits per heavy atom. The molecule has 0 aliphatic carbocycles. The first-order chi connectivity index (χ1) is 19.2. The Morgan fingerprint density at radius 1 is 1.12 bits per heavy atom. The number of aryl methyl sites for hydroxylation is 1. The van der Waals surface area contributed by atoms with E-state index in [-0.39, 0.29) is 28.9 Å². The zero-order chi connectivity index (χ0) is 28.4. The minimum atomic E-state index is -0.762. The molecule has 10 nitrogen and oxygen atoms in total. The van der Waals surface area contributed by atoms with E-state index in [9.17, 15) is 13.6 Å². The normalized spacial score (nSPS) is 11.3. The van der Waals surface area contributed by atoms with Crippen LogP contribution >= 0.6 is 11.6 Å². The van der Waals surface area contributed by atoms with Crippen LogP contribution in [-0.4, -0.2) is 35.9 Å². The lowest BCUT2D eigenvalue weighted by molar-refractivity contribution is 0.102. The van der Waals surface area contributed by atoms with E-state index in [2.05, 4.69) is 41.2 Å². The summed E-state index contributed by atoms with van der Waals surface area (Å²) in [5.74, 6) is -0.645. The quantitative estimate of drug-likeness (QED) is 0.167. The Kier molecular flexibility index (Phi) is 7.60. The van der Waals surface area contributed by atoms with Crippen molar-refractivity contribution in [3.05, 3.63) is 82.1 Å². The van der Waals surface area contributed by atoms with E-state index in [0.717, 1.165) is 35.7 Å². The fourth-order valence-corrected chi connectivity index (χ4v) is 4.23. The molecule has 0 saturated heterocycles. The fraction of sp³-hybridized carbons (Fsp3) is 0.222. The minimum absolute atomic E-state index is 0.0606. The molecule has 0 aliphatic rings. The smallest absolute Gasteiger partial charge is 0.257 e. The highest BCUT2D eigenvalue weighted by atomic mass is 35.5. The summed E-state index contributed by atoms with van der Waals surface area (Å²) in [5, 5.41) is 21.4. The first-order valence-corrected chi connectivity index (χ1v) is 12.9. The van der Waals surface area contributed by atoms with Gasteiger partial charge < -0.3 is 16.0 Å². The summed E-state index contributed by atoms with van der Waals surface area (Å²) in [5.41, 5.74) is 2.12. The first-order valence-electron chi connectivity index (χ1n) is 12.6. The summed E-state index contributed by atoms with van der Waals surface area (Å²) in [6, 6.07) is 9.63. The minimum Gasteiger partial charge on any atom is -0.350 e. The third-order valence-corrected chi connectivity index (χ3v) is 6.43. The van der Waals surface area contributed by atoms with Crippen LogP contribution in [0.4, 0.5) is 32.1 Å². The molecule has 206 valence electrons. The Bertz CT molecular complexity index is 1700. The summed E-state index contributed by atoms with van der Waals surface area (Å²) in [6.07, 6.45) is 2.52. The maximum Gasteiger partial charge on any atom is 0.257 e. The van der Waals surface area contributed by atoms with Crippen LogP contribution in [0.3, 0.4) is 0 Å². The molecule has 3 heterocycles. The van der Waals surface area contributed by atoms with Gasteiger partial charge in [-0.2, -0.15) is 20.2 Å². The van der Waals surface area contributed by atoms with Gasteiger partial charge in [0.15, 0.2) is 11.5 Å². The molecule has 0 fully saturated rings. The monoisotopic (exact) mass is 565 g/mol. The van der Waals surface area contributed by atoms with E-state index >= 15 is 0 Å². The molecule has 1 amide bonds. The van der Waals surface area contributed by atoms with E-state index in [1.807, 2.05) is 26.8 Å². The number of amides is 1. The van der Waals surface area contributed by atoms with Crippen molar-refractivity contribution < 1.29 is 13.6 Å². The van der Waals surface area contributed by atoms with Gasteiger partial charge in [-0.1, -0.05) is 24.6 Å². The number of hydrogen-bond acceptors (Lipinski definition) is 7. The number of aromatic nitrogens is 6. The van der Waals surface area contributed by atoms with Crippen LogP contribution in [0.2, 0.25) is 5.02 Å². The predicted molar refractivity (Wildman–Crippen MR) is 150 cm³/mol. The highest BCUT2D eigenvalue weighted by molar-refractivity contribution is 6.34. The summed E-state index contributed by atoms with van der Waals surface area (Å²) >= 11 is 6.26.